The topological polar surface area (TPSA) is 64.4 Å². The number of nitrogens with one attached hydrogen (secondary N) is 1. The third kappa shape index (κ3) is 2.36. The van der Waals surface area contributed by atoms with Gasteiger partial charge in [0.05, 0.1) is 18.1 Å². The highest BCUT2D eigenvalue weighted by Crippen LogP contribution is 2.40. The maximum absolute atomic E-state index is 13.7. The lowest BCUT2D eigenvalue weighted by Crippen LogP contribution is -2.09. The summed E-state index contributed by atoms with van der Waals surface area (Å²) in [6.07, 6.45) is 1.60. The van der Waals surface area contributed by atoms with Crippen molar-refractivity contribution in [1.29, 1.82) is 0 Å². The number of halogens is 1. The standard InChI is InChI=1S/C16H15FN2O3/c1-22-15-7-2-4-10-11(15)8-9-13(10)18-14-6-3-5-12(17)16(14)19(20)21/h2-7,13,18H,8-9H2,1H3. The normalized spacial score (nSPS) is 16.2. The van der Waals surface area contributed by atoms with E-state index in [0.717, 1.165) is 35.8 Å². The van der Waals surface area contributed by atoms with Gasteiger partial charge in [-0.3, -0.25) is 10.1 Å². The lowest BCUT2D eigenvalue weighted by molar-refractivity contribution is -0.386. The first kappa shape index (κ1) is 14.3. The summed E-state index contributed by atoms with van der Waals surface area (Å²) in [4.78, 5) is 10.4. The van der Waals surface area contributed by atoms with E-state index in [1.54, 1.807) is 7.11 Å². The number of nitrogens with zero attached hydrogens (tertiary/aromatic N) is 1. The van der Waals surface area contributed by atoms with Crippen molar-refractivity contribution in [2.75, 3.05) is 12.4 Å². The Morgan fingerprint density at radius 2 is 2.09 bits per heavy atom. The van der Waals surface area contributed by atoms with E-state index in [9.17, 15) is 14.5 Å². The summed E-state index contributed by atoms with van der Waals surface area (Å²) in [7, 11) is 1.62. The third-order valence-electron chi connectivity index (χ3n) is 3.95. The summed E-state index contributed by atoms with van der Waals surface area (Å²) >= 11 is 0. The Labute approximate surface area is 126 Å². The van der Waals surface area contributed by atoms with Gasteiger partial charge in [0.25, 0.3) is 0 Å². The van der Waals surface area contributed by atoms with Crippen molar-refractivity contribution in [2.45, 2.75) is 18.9 Å². The molecule has 114 valence electrons. The Morgan fingerprint density at radius 3 is 2.82 bits per heavy atom. The van der Waals surface area contributed by atoms with Gasteiger partial charge in [0.15, 0.2) is 0 Å². The Kier molecular flexibility index (Phi) is 3.66. The van der Waals surface area contributed by atoms with Crippen molar-refractivity contribution in [3.05, 3.63) is 63.5 Å². The Morgan fingerprint density at radius 1 is 1.32 bits per heavy atom. The molecule has 0 fully saturated rings. The molecular formula is C16H15FN2O3. The molecular weight excluding hydrogens is 287 g/mol. The molecule has 22 heavy (non-hydrogen) atoms. The second kappa shape index (κ2) is 5.63. The lowest BCUT2D eigenvalue weighted by Gasteiger charge is -2.16. The van der Waals surface area contributed by atoms with Gasteiger partial charge in [-0.15, -0.1) is 0 Å². The molecule has 0 aliphatic heterocycles. The summed E-state index contributed by atoms with van der Waals surface area (Å²) in [6, 6.07) is 9.74. The molecule has 1 aliphatic rings. The van der Waals surface area contributed by atoms with Crippen molar-refractivity contribution in [1.82, 2.24) is 0 Å². The molecule has 0 amide bonds. The van der Waals surface area contributed by atoms with Crippen LogP contribution in [0.5, 0.6) is 5.75 Å². The molecule has 1 atom stereocenters. The van der Waals surface area contributed by atoms with E-state index in [-0.39, 0.29) is 11.7 Å². The van der Waals surface area contributed by atoms with Gasteiger partial charge >= 0.3 is 5.69 Å². The second-order valence-electron chi connectivity index (χ2n) is 5.16. The first-order chi connectivity index (χ1) is 10.6. The van der Waals surface area contributed by atoms with E-state index in [1.807, 2.05) is 18.2 Å². The second-order valence-corrected chi connectivity index (χ2v) is 5.16. The number of hydrogen-bond acceptors (Lipinski definition) is 4. The molecule has 1 aliphatic carbocycles. The van der Waals surface area contributed by atoms with Crippen LogP contribution in [0.3, 0.4) is 0 Å². The minimum atomic E-state index is -0.834. The highest BCUT2D eigenvalue weighted by Gasteiger charge is 2.28. The number of nitro benzene ring substituents is 1. The van der Waals surface area contributed by atoms with Gasteiger partial charge < -0.3 is 10.1 Å². The van der Waals surface area contributed by atoms with Gasteiger partial charge in [-0.25, -0.2) is 0 Å². The van der Waals surface area contributed by atoms with Crippen molar-refractivity contribution in [3.63, 3.8) is 0 Å². The zero-order valence-electron chi connectivity index (χ0n) is 12.0. The maximum atomic E-state index is 13.7. The fraction of sp³-hybridized carbons (Fsp3) is 0.250. The van der Waals surface area contributed by atoms with Crippen LogP contribution in [0.2, 0.25) is 0 Å². The summed E-state index contributed by atoms with van der Waals surface area (Å²) < 4.78 is 19.0. The molecule has 1 N–H and O–H groups in total. The molecule has 2 aromatic carbocycles. The van der Waals surface area contributed by atoms with Gasteiger partial charge in [-0.2, -0.15) is 4.39 Å². The molecule has 0 heterocycles. The highest BCUT2D eigenvalue weighted by molar-refractivity contribution is 5.63. The van der Waals surface area contributed by atoms with Crippen molar-refractivity contribution >= 4 is 11.4 Å². The van der Waals surface area contributed by atoms with E-state index in [1.165, 1.54) is 12.1 Å². The Hall–Kier alpha value is -2.63. The molecule has 1 unspecified atom stereocenters. The van der Waals surface area contributed by atoms with Crippen molar-refractivity contribution in [2.24, 2.45) is 0 Å². The third-order valence-corrected chi connectivity index (χ3v) is 3.95. The molecule has 0 radical (unpaired) electrons. The van der Waals surface area contributed by atoms with Crippen LogP contribution in [0.25, 0.3) is 0 Å². The molecule has 5 nitrogen and oxygen atoms in total. The summed E-state index contributed by atoms with van der Waals surface area (Å²) in [5.41, 5.74) is 1.82. The predicted molar refractivity (Wildman–Crippen MR) is 80.7 cm³/mol. The maximum Gasteiger partial charge on any atom is 0.327 e. The number of rotatable bonds is 4. The van der Waals surface area contributed by atoms with Gasteiger partial charge in [-0.1, -0.05) is 18.2 Å². The number of ether oxygens (including phenoxy) is 1. The number of para-hydroxylation sites is 1. The number of methoxy groups -OCH3 is 1. The van der Waals surface area contributed by atoms with E-state index in [4.69, 9.17) is 4.74 Å². The number of fused-ring (bicyclic) bond motifs is 1. The van der Waals surface area contributed by atoms with Gasteiger partial charge in [-0.05, 0) is 42.2 Å². The molecule has 0 saturated carbocycles. The van der Waals surface area contributed by atoms with Gasteiger partial charge in [0.1, 0.15) is 11.4 Å². The van der Waals surface area contributed by atoms with Crippen LogP contribution in [0.1, 0.15) is 23.6 Å². The number of benzene rings is 2. The molecule has 3 rings (SSSR count). The van der Waals surface area contributed by atoms with Gasteiger partial charge in [0, 0.05) is 0 Å². The average molecular weight is 302 g/mol. The summed E-state index contributed by atoms with van der Waals surface area (Å²) in [6.45, 7) is 0. The number of hydrogen-bond donors (Lipinski definition) is 1. The SMILES string of the molecule is COc1cccc2c1CCC2Nc1cccc(F)c1[N+](=O)[O-]. The fourth-order valence-electron chi connectivity index (χ4n) is 2.97. The molecule has 0 bridgehead atoms. The first-order valence-electron chi connectivity index (χ1n) is 6.97. The van der Waals surface area contributed by atoms with Crippen LogP contribution < -0.4 is 10.1 Å². The van der Waals surface area contributed by atoms with Crippen LogP contribution in [0, 0.1) is 15.9 Å². The van der Waals surface area contributed by atoms with Crippen LogP contribution >= 0.6 is 0 Å². The highest BCUT2D eigenvalue weighted by atomic mass is 19.1. The smallest absolute Gasteiger partial charge is 0.327 e. The quantitative estimate of drug-likeness (QED) is 0.688. The summed E-state index contributed by atoms with van der Waals surface area (Å²) in [5.74, 6) is -0.0191. The molecule has 2 aromatic rings. The van der Waals surface area contributed by atoms with Crippen LogP contribution in [0.15, 0.2) is 36.4 Å². The molecule has 0 aromatic heterocycles. The zero-order chi connectivity index (χ0) is 15.7. The zero-order valence-corrected chi connectivity index (χ0v) is 12.0. The van der Waals surface area contributed by atoms with E-state index in [0.29, 0.717) is 0 Å². The van der Waals surface area contributed by atoms with E-state index >= 15 is 0 Å². The van der Waals surface area contributed by atoms with Crippen LogP contribution in [-0.4, -0.2) is 12.0 Å². The summed E-state index contributed by atoms with van der Waals surface area (Å²) in [5, 5.41) is 14.2. The minimum Gasteiger partial charge on any atom is -0.496 e. The largest absolute Gasteiger partial charge is 0.496 e. The molecule has 0 spiro atoms. The number of anilines is 1. The van der Waals surface area contributed by atoms with Crippen LogP contribution in [0.4, 0.5) is 15.8 Å². The van der Waals surface area contributed by atoms with Crippen molar-refractivity contribution < 1.29 is 14.1 Å². The Balaban J connectivity index is 1.95. The predicted octanol–water partition coefficient (Wildman–Crippen LogP) is 3.84. The minimum absolute atomic E-state index is 0.0920. The van der Waals surface area contributed by atoms with Crippen LogP contribution in [-0.2, 0) is 6.42 Å². The lowest BCUT2D eigenvalue weighted by atomic mass is 10.1. The monoisotopic (exact) mass is 302 g/mol. The van der Waals surface area contributed by atoms with Crippen molar-refractivity contribution in [3.8, 4) is 5.75 Å². The molecule has 6 heteroatoms. The van der Waals surface area contributed by atoms with E-state index < -0.39 is 16.4 Å². The fourth-order valence-corrected chi connectivity index (χ4v) is 2.97. The average Bonchev–Trinajstić information content (AvgIpc) is 2.90. The molecule has 0 saturated heterocycles. The van der Waals surface area contributed by atoms with E-state index in [2.05, 4.69) is 5.32 Å². The Bertz CT molecular complexity index is 733. The first-order valence-corrected chi connectivity index (χ1v) is 6.97. The number of nitro groups is 1. The van der Waals surface area contributed by atoms with Gasteiger partial charge in [0.2, 0.25) is 5.82 Å².